The van der Waals surface area contributed by atoms with Crippen molar-refractivity contribution < 1.29 is 28.6 Å². The number of allylic oxidation sites excluding steroid dienone is 3. The second-order valence-corrected chi connectivity index (χ2v) is 10.7. The number of dihydropyridines is 1. The Balaban J connectivity index is 1.93. The van der Waals surface area contributed by atoms with E-state index in [4.69, 9.17) is 14.2 Å². The summed E-state index contributed by atoms with van der Waals surface area (Å²) in [5.41, 5.74) is 3.83. The quantitative estimate of drug-likeness (QED) is 0.399. The van der Waals surface area contributed by atoms with Crippen molar-refractivity contribution in [3.63, 3.8) is 0 Å². The van der Waals surface area contributed by atoms with Gasteiger partial charge in [0.05, 0.1) is 25.9 Å². The van der Waals surface area contributed by atoms with Crippen LogP contribution >= 0.6 is 11.3 Å². The third kappa shape index (κ3) is 4.82. The van der Waals surface area contributed by atoms with E-state index in [1.807, 2.05) is 51.1 Å². The fourth-order valence-electron chi connectivity index (χ4n) is 5.53. The van der Waals surface area contributed by atoms with Gasteiger partial charge >= 0.3 is 11.9 Å². The van der Waals surface area contributed by atoms with E-state index >= 15 is 0 Å². The van der Waals surface area contributed by atoms with Crippen LogP contribution in [0.5, 0.6) is 5.75 Å². The summed E-state index contributed by atoms with van der Waals surface area (Å²) in [6, 6.07) is 9.45. The van der Waals surface area contributed by atoms with E-state index in [2.05, 4.69) is 5.32 Å². The van der Waals surface area contributed by atoms with Crippen LogP contribution in [0.1, 0.15) is 59.9 Å². The van der Waals surface area contributed by atoms with Crippen LogP contribution in [0.25, 0.3) is 0 Å². The lowest BCUT2D eigenvalue weighted by atomic mass is 9.67. The van der Waals surface area contributed by atoms with Crippen LogP contribution in [-0.2, 0) is 23.9 Å². The fourth-order valence-corrected chi connectivity index (χ4v) is 6.49. The third-order valence-corrected chi connectivity index (χ3v) is 7.97. The van der Waals surface area contributed by atoms with Crippen molar-refractivity contribution in [3.05, 3.63) is 73.8 Å². The monoisotopic (exact) mass is 523 g/mol. The Hall–Kier alpha value is -3.39. The number of hydrogen-bond acceptors (Lipinski definition) is 8. The average Bonchev–Trinajstić information content (AvgIpc) is 3.20. The highest BCUT2D eigenvalue weighted by Gasteiger charge is 2.50. The van der Waals surface area contributed by atoms with Gasteiger partial charge in [-0.2, -0.15) is 0 Å². The Morgan fingerprint density at radius 2 is 1.76 bits per heavy atom. The van der Waals surface area contributed by atoms with Crippen LogP contribution in [0.2, 0.25) is 0 Å². The molecule has 2 aliphatic rings. The molecule has 8 heteroatoms. The maximum absolute atomic E-state index is 14.4. The molecule has 1 aliphatic heterocycles. The van der Waals surface area contributed by atoms with E-state index in [0.29, 0.717) is 34.7 Å². The van der Waals surface area contributed by atoms with Gasteiger partial charge in [-0.3, -0.25) is 9.59 Å². The predicted molar refractivity (Wildman–Crippen MR) is 142 cm³/mol. The molecular formula is C29H33NO6S. The van der Waals surface area contributed by atoms with Gasteiger partial charge in [-0.05, 0) is 64.3 Å². The second-order valence-electron chi connectivity index (χ2n) is 9.22. The Morgan fingerprint density at radius 1 is 1.05 bits per heavy atom. The Labute approximate surface area is 221 Å². The maximum atomic E-state index is 14.4. The van der Waals surface area contributed by atoms with Crippen molar-refractivity contribution in [1.29, 1.82) is 0 Å². The first kappa shape index (κ1) is 26.7. The zero-order valence-corrected chi connectivity index (χ0v) is 22.9. The number of nitrogens with one attached hydrogen (secondary N) is 1. The second kappa shape index (κ2) is 10.9. The van der Waals surface area contributed by atoms with Crippen LogP contribution in [0.4, 0.5) is 0 Å². The molecule has 2 heterocycles. The molecule has 196 valence electrons. The first-order chi connectivity index (χ1) is 17.7. The highest BCUT2D eigenvalue weighted by Crippen LogP contribution is 2.50. The minimum Gasteiger partial charge on any atom is -0.496 e. The Bertz CT molecular complexity index is 1300. The highest BCUT2D eigenvalue weighted by molar-refractivity contribution is 7.12. The Kier molecular flexibility index (Phi) is 7.87. The zero-order valence-electron chi connectivity index (χ0n) is 22.1. The van der Waals surface area contributed by atoms with Crippen LogP contribution in [0.3, 0.4) is 0 Å². The van der Waals surface area contributed by atoms with Gasteiger partial charge in [0.2, 0.25) is 0 Å². The van der Waals surface area contributed by atoms with Gasteiger partial charge in [0.25, 0.3) is 0 Å². The number of thiophene rings is 1. The molecule has 0 amide bonds. The zero-order chi connectivity index (χ0) is 26.9. The molecule has 37 heavy (non-hydrogen) atoms. The third-order valence-electron chi connectivity index (χ3n) is 6.98. The number of aryl methyl sites for hydroxylation is 2. The van der Waals surface area contributed by atoms with Gasteiger partial charge in [-0.1, -0.05) is 18.2 Å². The molecule has 1 aromatic carbocycles. The first-order valence-electron chi connectivity index (χ1n) is 12.5. The van der Waals surface area contributed by atoms with Crippen LogP contribution in [0.15, 0.2) is 52.9 Å². The van der Waals surface area contributed by atoms with Gasteiger partial charge in [0, 0.05) is 38.6 Å². The van der Waals surface area contributed by atoms with Crippen LogP contribution in [-0.4, -0.2) is 38.0 Å². The van der Waals surface area contributed by atoms with Gasteiger partial charge in [-0.25, -0.2) is 4.79 Å². The number of ether oxygens (including phenoxy) is 3. The summed E-state index contributed by atoms with van der Waals surface area (Å²) in [6.07, 6.45) is 0.386. The first-order valence-corrected chi connectivity index (χ1v) is 13.3. The summed E-state index contributed by atoms with van der Waals surface area (Å²) in [4.78, 5) is 43.0. The number of rotatable bonds is 7. The normalized spacial score (nSPS) is 21.4. The topological polar surface area (TPSA) is 90.9 Å². The number of carbonyl (C=O) groups excluding carboxylic acids is 3. The minimum atomic E-state index is -1.07. The summed E-state index contributed by atoms with van der Waals surface area (Å²) in [7, 11) is 1.57. The van der Waals surface area contributed by atoms with Crippen molar-refractivity contribution in [1.82, 2.24) is 5.32 Å². The molecular weight excluding hydrogens is 490 g/mol. The van der Waals surface area contributed by atoms with E-state index in [0.717, 1.165) is 20.9 Å². The smallest absolute Gasteiger partial charge is 0.336 e. The average molecular weight is 524 g/mol. The Morgan fingerprint density at radius 3 is 2.38 bits per heavy atom. The number of ketones is 1. The molecule has 1 aromatic heterocycles. The van der Waals surface area contributed by atoms with Crippen molar-refractivity contribution in [2.45, 2.75) is 52.9 Å². The fraction of sp³-hybridized carbons (Fsp3) is 0.414. The van der Waals surface area contributed by atoms with Crippen molar-refractivity contribution in [2.24, 2.45) is 5.92 Å². The van der Waals surface area contributed by atoms with Crippen LogP contribution in [0, 0.1) is 19.8 Å². The summed E-state index contributed by atoms with van der Waals surface area (Å²) in [5, 5.41) is 3.34. The van der Waals surface area contributed by atoms with E-state index < -0.39 is 29.7 Å². The molecule has 1 aliphatic carbocycles. The molecule has 0 spiro atoms. The lowest BCUT2D eigenvalue weighted by Gasteiger charge is -2.39. The lowest BCUT2D eigenvalue weighted by molar-refractivity contribution is -0.152. The molecule has 0 saturated carbocycles. The molecule has 7 nitrogen and oxygen atoms in total. The van der Waals surface area contributed by atoms with E-state index in [9.17, 15) is 14.4 Å². The molecule has 0 saturated heterocycles. The number of methoxy groups -OCH3 is 1. The molecule has 0 bridgehead atoms. The van der Waals surface area contributed by atoms with Crippen molar-refractivity contribution in [2.75, 3.05) is 20.3 Å². The van der Waals surface area contributed by atoms with Gasteiger partial charge in [0.1, 0.15) is 11.7 Å². The largest absolute Gasteiger partial charge is 0.496 e. The van der Waals surface area contributed by atoms with Gasteiger partial charge in [0.15, 0.2) is 5.78 Å². The molecule has 0 unspecified atom stereocenters. The van der Waals surface area contributed by atoms with Crippen molar-refractivity contribution in [3.8, 4) is 5.75 Å². The molecule has 2 aromatic rings. The maximum Gasteiger partial charge on any atom is 0.336 e. The van der Waals surface area contributed by atoms with Crippen molar-refractivity contribution >= 4 is 29.1 Å². The summed E-state index contributed by atoms with van der Waals surface area (Å²) < 4.78 is 16.4. The van der Waals surface area contributed by atoms with E-state index in [1.54, 1.807) is 32.3 Å². The van der Waals surface area contributed by atoms with Gasteiger partial charge in [-0.15, -0.1) is 11.3 Å². The molecule has 4 rings (SSSR count). The minimum absolute atomic E-state index is 0.158. The van der Waals surface area contributed by atoms with Crippen LogP contribution < -0.4 is 10.1 Å². The number of hydrogen-bond donors (Lipinski definition) is 1. The summed E-state index contributed by atoms with van der Waals surface area (Å²) >= 11 is 1.61. The molecule has 1 N–H and O–H groups in total. The highest BCUT2D eigenvalue weighted by atomic mass is 32.1. The standard InChI is InChI=1S/C29H33NO6S/c1-7-35-28(32)23-16(4)30-21-14-20(18-11-9-10-12-22(18)34-6)25(29(33)36-8-2)27(31)26(21)24(23)19-13-15(3)37-17(19)5/h9-13,20,24-25,30H,7-8,14H2,1-6H3/t20-,24+,25+/m0/s1. The predicted octanol–water partition coefficient (Wildman–Crippen LogP) is 5.09. The SMILES string of the molecule is CCOC(=O)C1=C(C)NC2=C(C(=O)[C@H](C(=O)OCC)[C@H](c3ccccc3OC)C2)[C@@H]1c1cc(C)sc1C. The summed E-state index contributed by atoms with van der Waals surface area (Å²) in [6.45, 7) is 9.67. The number of benzene rings is 1. The molecule has 0 fully saturated rings. The molecule has 3 atom stereocenters. The van der Waals surface area contributed by atoms with E-state index in [1.165, 1.54) is 0 Å². The number of carbonyl (C=O) groups is 3. The summed E-state index contributed by atoms with van der Waals surface area (Å²) in [5.74, 6) is -2.97. The van der Waals surface area contributed by atoms with Gasteiger partial charge < -0.3 is 19.5 Å². The number of esters is 2. The molecule has 0 radical (unpaired) electrons. The lowest BCUT2D eigenvalue weighted by Crippen LogP contribution is -2.43. The van der Waals surface area contributed by atoms with E-state index in [-0.39, 0.29) is 19.0 Å². The number of para-hydroxylation sites is 1. The number of Topliss-reactive ketones (excluding diaryl/α,β-unsaturated/α-hetero) is 1.